The van der Waals surface area contributed by atoms with Gasteiger partial charge in [-0.1, -0.05) is 29.8 Å². The fourth-order valence-corrected chi connectivity index (χ4v) is 3.04. The van der Waals surface area contributed by atoms with E-state index in [1.807, 2.05) is 24.3 Å². The molecule has 2 heterocycles. The van der Waals surface area contributed by atoms with Crippen molar-refractivity contribution in [3.63, 3.8) is 0 Å². The van der Waals surface area contributed by atoms with Crippen LogP contribution < -0.4 is 4.90 Å². The highest BCUT2D eigenvalue weighted by Crippen LogP contribution is 2.19. The van der Waals surface area contributed by atoms with Gasteiger partial charge >= 0.3 is 0 Å². The van der Waals surface area contributed by atoms with E-state index in [1.165, 1.54) is 4.90 Å². The first-order chi connectivity index (χ1) is 12.0. The van der Waals surface area contributed by atoms with E-state index >= 15 is 0 Å². The number of carbonyl (C=O) groups is 1. The first-order valence-electron chi connectivity index (χ1n) is 8.30. The molecule has 3 rings (SSSR count). The number of hydrogen-bond donors (Lipinski definition) is 0. The standard InChI is InChI=1S/C18H22ClN5O/c1-22(2)18(25)16-7-8-17(21-20-16)24-11-9-23(10-12-24)13-14-5-3-4-6-15(14)19/h3-8H,9-13H2,1-2H3. The molecule has 1 aliphatic heterocycles. The second-order valence-corrected chi connectivity index (χ2v) is 6.74. The maximum atomic E-state index is 11.9. The number of carbonyl (C=O) groups excluding carboxylic acids is 1. The summed E-state index contributed by atoms with van der Waals surface area (Å²) in [6.07, 6.45) is 0. The molecule has 1 aromatic carbocycles. The van der Waals surface area contributed by atoms with Crippen molar-refractivity contribution < 1.29 is 4.79 Å². The Labute approximate surface area is 153 Å². The van der Waals surface area contributed by atoms with E-state index in [0.29, 0.717) is 5.69 Å². The van der Waals surface area contributed by atoms with Crippen LogP contribution in [0.3, 0.4) is 0 Å². The zero-order valence-corrected chi connectivity index (χ0v) is 15.3. The van der Waals surface area contributed by atoms with Gasteiger partial charge in [0.2, 0.25) is 0 Å². The Balaban J connectivity index is 1.57. The summed E-state index contributed by atoms with van der Waals surface area (Å²) in [4.78, 5) is 17.9. The van der Waals surface area contributed by atoms with Crippen LogP contribution >= 0.6 is 11.6 Å². The van der Waals surface area contributed by atoms with E-state index in [9.17, 15) is 4.79 Å². The molecule has 1 aliphatic rings. The second-order valence-electron chi connectivity index (χ2n) is 6.33. The van der Waals surface area contributed by atoms with Crippen molar-refractivity contribution in [3.8, 4) is 0 Å². The Bertz CT molecular complexity index is 727. The number of hydrogen-bond acceptors (Lipinski definition) is 5. The summed E-state index contributed by atoms with van der Waals surface area (Å²) in [6, 6.07) is 11.6. The number of amides is 1. The molecule has 0 bridgehead atoms. The molecule has 1 aromatic heterocycles. The van der Waals surface area contributed by atoms with Gasteiger partial charge in [0.1, 0.15) is 0 Å². The van der Waals surface area contributed by atoms with Crippen molar-refractivity contribution in [1.82, 2.24) is 20.0 Å². The van der Waals surface area contributed by atoms with E-state index in [4.69, 9.17) is 11.6 Å². The summed E-state index contributed by atoms with van der Waals surface area (Å²) >= 11 is 6.24. The third kappa shape index (κ3) is 4.27. The van der Waals surface area contributed by atoms with E-state index in [2.05, 4.69) is 26.1 Å². The molecule has 0 radical (unpaired) electrons. The van der Waals surface area contributed by atoms with E-state index in [0.717, 1.165) is 49.1 Å². The Kier molecular flexibility index (Phi) is 5.50. The fourth-order valence-electron chi connectivity index (χ4n) is 2.84. The largest absolute Gasteiger partial charge is 0.353 e. The Hall–Kier alpha value is -2.18. The van der Waals surface area contributed by atoms with Crippen molar-refractivity contribution in [1.29, 1.82) is 0 Å². The summed E-state index contributed by atoms with van der Waals surface area (Å²) in [7, 11) is 3.41. The van der Waals surface area contributed by atoms with E-state index < -0.39 is 0 Å². The van der Waals surface area contributed by atoms with Crippen LogP contribution in [0.5, 0.6) is 0 Å². The second kappa shape index (κ2) is 7.80. The van der Waals surface area contributed by atoms with Crippen molar-refractivity contribution in [2.24, 2.45) is 0 Å². The zero-order chi connectivity index (χ0) is 17.8. The minimum absolute atomic E-state index is 0.136. The number of halogens is 1. The molecule has 0 spiro atoms. The highest BCUT2D eigenvalue weighted by atomic mass is 35.5. The molecule has 0 unspecified atom stereocenters. The molecule has 0 saturated carbocycles. The van der Waals surface area contributed by atoms with Crippen LogP contribution in [0.2, 0.25) is 5.02 Å². The fraction of sp³-hybridized carbons (Fsp3) is 0.389. The smallest absolute Gasteiger partial charge is 0.273 e. The van der Waals surface area contributed by atoms with Crippen LogP contribution in [0.1, 0.15) is 16.1 Å². The van der Waals surface area contributed by atoms with Gasteiger partial charge in [-0.3, -0.25) is 9.69 Å². The quantitative estimate of drug-likeness (QED) is 0.837. The third-order valence-corrected chi connectivity index (χ3v) is 4.69. The van der Waals surface area contributed by atoms with Gasteiger partial charge in [0, 0.05) is 51.8 Å². The van der Waals surface area contributed by atoms with Crippen molar-refractivity contribution in [3.05, 3.63) is 52.7 Å². The molecule has 0 atom stereocenters. The minimum Gasteiger partial charge on any atom is -0.353 e. The summed E-state index contributed by atoms with van der Waals surface area (Å²) in [5.41, 5.74) is 1.52. The predicted molar refractivity (Wildman–Crippen MR) is 99.0 cm³/mol. The summed E-state index contributed by atoms with van der Waals surface area (Å²) in [5, 5.41) is 9.09. The lowest BCUT2D eigenvalue weighted by atomic mass is 10.2. The molecule has 7 heteroatoms. The molecule has 0 N–H and O–H groups in total. The molecule has 1 amide bonds. The van der Waals surface area contributed by atoms with Crippen molar-refractivity contribution in [2.45, 2.75) is 6.54 Å². The lowest BCUT2D eigenvalue weighted by Gasteiger charge is -2.35. The van der Waals surface area contributed by atoms with E-state index in [-0.39, 0.29) is 5.91 Å². The Morgan fingerprint density at radius 1 is 1.08 bits per heavy atom. The van der Waals surface area contributed by atoms with Gasteiger partial charge < -0.3 is 9.80 Å². The Morgan fingerprint density at radius 2 is 1.80 bits per heavy atom. The van der Waals surface area contributed by atoms with Gasteiger partial charge in [-0.25, -0.2) is 0 Å². The predicted octanol–water partition coefficient (Wildman–Crippen LogP) is 2.15. The third-order valence-electron chi connectivity index (χ3n) is 4.32. The van der Waals surface area contributed by atoms with E-state index in [1.54, 1.807) is 20.2 Å². The van der Waals surface area contributed by atoms with Crippen LogP contribution in [0.25, 0.3) is 0 Å². The van der Waals surface area contributed by atoms with Gasteiger partial charge in [0.05, 0.1) is 0 Å². The average Bonchev–Trinajstić information content (AvgIpc) is 2.64. The van der Waals surface area contributed by atoms with Crippen molar-refractivity contribution >= 4 is 23.3 Å². The number of piperazine rings is 1. The molecular formula is C18H22ClN5O. The monoisotopic (exact) mass is 359 g/mol. The number of rotatable bonds is 4. The highest BCUT2D eigenvalue weighted by Gasteiger charge is 2.19. The van der Waals surface area contributed by atoms with Crippen LogP contribution in [-0.4, -0.2) is 66.2 Å². The number of anilines is 1. The highest BCUT2D eigenvalue weighted by molar-refractivity contribution is 6.31. The molecule has 2 aromatic rings. The number of benzene rings is 1. The molecule has 0 aliphatic carbocycles. The van der Waals surface area contributed by atoms with Gasteiger partial charge in [0.25, 0.3) is 5.91 Å². The Morgan fingerprint density at radius 3 is 2.40 bits per heavy atom. The lowest BCUT2D eigenvalue weighted by molar-refractivity contribution is 0.0821. The average molecular weight is 360 g/mol. The summed E-state index contributed by atoms with van der Waals surface area (Å²) < 4.78 is 0. The SMILES string of the molecule is CN(C)C(=O)c1ccc(N2CCN(Cc3ccccc3Cl)CC2)nn1. The number of aromatic nitrogens is 2. The molecule has 6 nitrogen and oxygen atoms in total. The van der Waals surface area contributed by atoms with Crippen LogP contribution in [0, 0.1) is 0 Å². The zero-order valence-electron chi connectivity index (χ0n) is 14.5. The van der Waals surface area contributed by atoms with Crippen LogP contribution in [0.15, 0.2) is 36.4 Å². The maximum absolute atomic E-state index is 11.9. The molecule has 1 fully saturated rings. The molecule has 132 valence electrons. The number of nitrogens with zero attached hydrogens (tertiary/aromatic N) is 5. The van der Waals surface area contributed by atoms with Gasteiger partial charge in [-0.15, -0.1) is 10.2 Å². The first-order valence-corrected chi connectivity index (χ1v) is 8.68. The topological polar surface area (TPSA) is 52.6 Å². The summed E-state index contributed by atoms with van der Waals surface area (Å²) in [6.45, 7) is 4.48. The normalized spacial score (nSPS) is 15.2. The van der Waals surface area contributed by atoms with Crippen LogP contribution in [-0.2, 0) is 6.54 Å². The minimum atomic E-state index is -0.136. The maximum Gasteiger partial charge on any atom is 0.273 e. The molecular weight excluding hydrogens is 338 g/mol. The first kappa shape index (κ1) is 17.6. The van der Waals surface area contributed by atoms with Gasteiger partial charge in [-0.05, 0) is 23.8 Å². The van der Waals surface area contributed by atoms with Gasteiger partial charge in [-0.2, -0.15) is 0 Å². The van der Waals surface area contributed by atoms with Crippen LogP contribution in [0.4, 0.5) is 5.82 Å². The lowest BCUT2D eigenvalue weighted by Crippen LogP contribution is -2.46. The van der Waals surface area contributed by atoms with Crippen molar-refractivity contribution in [2.75, 3.05) is 45.2 Å². The molecule has 25 heavy (non-hydrogen) atoms. The molecule has 1 saturated heterocycles. The summed E-state index contributed by atoms with van der Waals surface area (Å²) in [5.74, 6) is 0.677. The van der Waals surface area contributed by atoms with Gasteiger partial charge in [0.15, 0.2) is 11.5 Å².